The number of hydrazine groups is 1. The van der Waals surface area contributed by atoms with Crippen molar-refractivity contribution < 1.29 is 9.13 Å². The van der Waals surface area contributed by atoms with Gasteiger partial charge < -0.3 is 4.74 Å². The smallest absolute Gasteiger partial charge is 0.165 e. The molecule has 1 fully saturated rings. The first-order valence-electron chi connectivity index (χ1n) is 5.47. The van der Waals surface area contributed by atoms with Gasteiger partial charge in [0.1, 0.15) is 0 Å². The largest absolute Gasteiger partial charge is 0.494 e. The lowest BCUT2D eigenvalue weighted by molar-refractivity contribution is 0.384. The van der Waals surface area contributed by atoms with Crippen molar-refractivity contribution in [3.63, 3.8) is 0 Å². The standard InChI is InChI=1S/C12H17FN2O/c1-7-5-9(7)12(15-14)8-3-4-11(16-2)10(13)6-8/h3-4,6-7,9,12,15H,5,14H2,1-2H3. The SMILES string of the molecule is COc1ccc(C(NN)C2CC2C)cc1F. The summed E-state index contributed by atoms with van der Waals surface area (Å²) in [5.41, 5.74) is 3.65. The highest BCUT2D eigenvalue weighted by Gasteiger charge is 2.39. The fourth-order valence-corrected chi connectivity index (χ4v) is 2.16. The van der Waals surface area contributed by atoms with Gasteiger partial charge in [0.15, 0.2) is 11.6 Å². The zero-order chi connectivity index (χ0) is 11.7. The fraction of sp³-hybridized carbons (Fsp3) is 0.500. The first kappa shape index (κ1) is 11.4. The van der Waals surface area contributed by atoms with Gasteiger partial charge >= 0.3 is 0 Å². The van der Waals surface area contributed by atoms with Crippen molar-refractivity contribution in [3.05, 3.63) is 29.6 Å². The van der Waals surface area contributed by atoms with Crippen molar-refractivity contribution in [2.75, 3.05) is 7.11 Å². The van der Waals surface area contributed by atoms with E-state index < -0.39 is 0 Å². The Hall–Kier alpha value is -1.13. The third-order valence-corrected chi connectivity index (χ3v) is 3.31. The average Bonchev–Trinajstić information content (AvgIpc) is 2.97. The molecular formula is C12H17FN2O. The molecule has 0 heterocycles. The van der Waals surface area contributed by atoms with E-state index in [1.807, 2.05) is 6.07 Å². The lowest BCUT2D eigenvalue weighted by Crippen LogP contribution is -2.30. The van der Waals surface area contributed by atoms with Crippen LogP contribution in [0.1, 0.15) is 24.9 Å². The molecule has 88 valence electrons. The van der Waals surface area contributed by atoms with E-state index in [1.54, 1.807) is 6.07 Å². The van der Waals surface area contributed by atoms with E-state index >= 15 is 0 Å². The second kappa shape index (κ2) is 4.39. The molecule has 0 bridgehead atoms. The van der Waals surface area contributed by atoms with Crippen LogP contribution in [0.5, 0.6) is 5.75 Å². The molecule has 3 N–H and O–H groups in total. The number of rotatable bonds is 4. The summed E-state index contributed by atoms with van der Waals surface area (Å²) < 4.78 is 18.4. The topological polar surface area (TPSA) is 47.3 Å². The summed E-state index contributed by atoms with van der Waals surface area (Å²) in [4.78, 5) is 0. The summed E-state index contributed by atoms with van der Waals surface area (Å²) in [7, 11) is 1.46. The van der Waals surface area contributed by atoms with Crippen LogP contribution in [0.4, 0.5) is 4.39 Å². The summed E-state index contributed by atoms with van der Waals surface area (Å²) in [5.74, 6) is 6.62. The molecule has 0 amide bonds. The van der Waals surface area contributed by atoms with Gasteiger partial charge in [-0.1, -0.05) is 13.0 Å². The molecule has 1 aromatic carbocycles. The Morgan fingerprint density at radius 1 is 1.56 bits per heavy atom. The molecular weight excluding hydrogens is 207 g/mol. The first-order valence-corrected chi connectivity index (χ1v) is 5.47. The van der Waals surface area contributed by atoms with Gasteiger partial charge in [0.25, 0.3) is 0 Å². The second-order valence-corrected chi connectivity index (χ2v) is 4.42. The lowest BCUT2D eigenvalue weighted by atomic mass is 10.0. The Morgan fingerprint density at radius 3 is 2.69 bits per heavy atom. The van der Waals surface area contributed by atoms with Gasteiger partial charge in [0, 0.05) is 6.04 Å². The Bertz CT molecular complexity index is 383. The van der Waals surface area contributed by atoms with Gasteiger partial charge in [-0.3, -0.25) is 11.3 Å². The Kier molecular flexibility index (Phi) is 3.12. The highest BCUT2D eigenvalue weighted by molar-refractivity contribution is 5.32. The van der Waals surface area contributed by atoms with Crippen LogP contribution >= 0.6 is 0 Å². The number of ether oxygens (including phenoxy) is 1. The van der Waals surface area contributed by atoms with E-state index in [9.17, 15) is 4.39 Å². The van der Waals surface area contributed by atoms with Gasteiger partial charge in [-0.2, -0.15) is 0 Å². The van der Waals surface area contributed by atoms with E-state index in [4.69, 9.17) is 10.6 Å². The van der Waals surface area contributed by atoms with E-state index in [0.717, 1.165) is 12.0 Å². The molecule has 0 aromatic heterocycles. The summed E-state index contributed by atoms with van der Waals surface area (Å²) in [5, 5.41) is 0. The van der Waals surface area contributed by atoms with Gasteiger partial charge in [0.05, 0.1) is 7.11 Å². The van der Waals surface area contributed by atoms with Crippen LogP contribution in [0.15, 0.2) is 18.2 Å². The zero-order valence-electron chi connectivity index (χ0n) is 9.53. The molecule has 3 unspecified atom stereocenters. The predicted octanol–water partition coefficient (Wildman–Crippen LogP) is 1.99. The van der Waals surface area contributed by atoms with E-state index in [0.29, 0.717) is 11.8 Å². The summed E-state index contributed by atoms with van der Waals surface area (Å²) in [6, 6.07) is 5.03. The van der Waals surface area contributed by atoms with E-state index in [1.165, 1.54) is 13.2 Å². The van der Waals surface area contributed by atoms with Crippen molar-refractivity contribution in [1.82, 2.24) is 5.43 Å². The number of hydrogen-bond donors (Lipinski definition) is 2. The number of nitrogens with one attached hydrogen (secondary N) is 1. The molecule has 0 saturated heterocycles. The molecule has 2 rings (SSSR count). The summed E-state index contributed by atoms with van der Waals surface area (Å²) in [6.45, 7) is 2.18. The maximum absolute atomic E-state index is 13.5. The number of nitrogens with two attached hydrogens (primary N) is 1. The lowest BCUT2D eigenvalue weighted by Gasteiger charge is -2.16. The van der Waals surface area contributed by atoms with Crippen molar-refractivity contribution >= 4 is 0 Å². The van der Waals surface area contributed by atoms with Crippen molar-refractivity contribution in [2.24, 2.45) is 17.7 Å². The van der Waals surface area contributed by atoms with Gasteiger partial charge in [-0.25, -0.2) is 4.39 Å². The molecule has 16 heavy (non-hydrogen) atoms. The van der Waals surface area contributed by atoms with Gasteiger partial charge in [0.2, 0.25) is 0 Å². The van der Waals surface area contributed by atoms with Crippen LogP contribution in [-0.4, -0.2) is 7.11 Å². The first-order chi connectivity index (χ1) is 7.67. The van der Waals surface area contributed by atoms with Gasteiger partial charge in [-0.15, -0.1) is 0 Å². The van der Waals surface area contributed by atoms with Crippen LogP contribution in [0.2, 0.25) is 0 Å². The molecule has 3 atom stereocenters. The highest BCUT2D eigenvalue weighted by atomic mass is 19.1. The van der Waals surface area contributed by atoms with Crippen LogP contribution in [-0.2, 0) is 0 Å². The molecule has 3 nitrogen and oxygen atoms in total. The van der Waals surface area contributed by atoms with Gasteiger partial charge in [-0.05, 0) is 36.0 Å². The minimum absolute atomic E-state index is 0.0374. The average molecular weight is 224 g/mol. The highest BCUT2D eigenvalue weighted by Crippen LogP contribution is 2.46. The minimum atomic E-state index is -0.339. The molecule has 1 aliphatic carbocycles. The molecule has 0 radical (unpaired) electrons. The zero-order valence-corrected chi connectivity index (χ0v) is 9.53. The monoisotopic (exact) mass is 224 g/mol. The summed E-state index contributed by atoms with van der Waals surface area (Å²) >= 11 is 0. The molecule has 0 spiro atoms. The number of hydrogen-bond acceptors (Lipinski definition) is 3. The van der Waals surface area contributed by atoms with Crippen molar-refractivity contribution in [1.29, 1.82) is 0 Å². The maximum Gasteiger partial charge on any atom is 0.165 e. The van der Waals surface area contributed by atoms with Crippen LogP contribution in [0.25, 0.3) is 0 Å². The van der Waals surface area contributed by atoms with Crippen LogP contribution in [0, 0.1) is 17.7 Å². The molecule has 0 aliphatic heterocycles. The van der Waals surface area contributed by atoms with Crippen molar-refractivity contribution in [2.45, 2.75) is 19.4 Å². The van der Waals surface area contributed by atoms with Crippen LogP contribution in [0.3, 0.4) is 0 Å². The number of benzene rings is 1. The van der Waals surface area contributed by atoms with E-state index in [2.05, 4.69) is 12.3 Å². The Labute approximate surface area is 94.8 Å². The summed E-state index contributed by atoms with van der Waals surface area (Å²) in [6.07, 6.45) is 1.14. The quantitative estimate of drug-likeness (QED) is 0.607. The Balaban J connectivity index is 2.22. The van der Waals surface area contributed by atoms with E-state index in [-0.39, 0.29) is 17.6 Å². The normalized spacial score (nSPS) is 25.2. The fourth-order valence-electron chi connectivity index (χ4n) is 2.16. The van der Waals surface area contributed by atoms with Crippen LogP contribution < -0.4 is 16.0 Å². The molecule has 1 aromatic rings. The third-order valence-electron chi connectivity index (χ3n) is 3.31. The third kappa shape index (κ3) is 2.03. The predicted molar refractivity (Wildman–Crippen MR) is 60.3 cm³/mol. The minimum Gasteiger partial charge on any atom is -0.494 e. The maximum atomic E-state index is 13.5. The van der Waals surface area contributed by atoms with Crippen molar-refractivity contribution in [3.8, 4) is 5.75 Å². The second-order valence-electron chi connectivity index (χ2n) is 4.42. The molecule has 4 heteroatoms. The number of halogens is 1. The number of methoxy groups -OCH3 is 1. The molecule has 1 saturated carbocycles. The Morgan fingerprint density at radius 2 is 2.25 bits per heavy atom. The molecule has 1 aliphatic rings.